The first-order valence-corrected chi connectivity index (χ1v) is 8.71. The summed E-state index contributed by atoms with van der Waals surface area (Å²) in [6, 6.07) is 14.6. The van der Waals surface area contributed by atoms with Crippen LogP contribution in [-0.4, -0.2) is 23.4 Å². The molecule has 0 unspecified atom stereocenters. The highest BCUT2D eigenvalue weighted by atomic mass is 16.2. The van der Waals surface area contributed by atoms with E-state index in [0.29, 0.717) is 0 Å². The van der Waals surface area contributed by atoms with E-state index in [1.54, 1.807) is 0 Å². The third-order valence-corrected chi connectivity index (χ3v) is 4.82. The topological polar surface area (TPSA) is 32.3 Å². The molecule has 3 nitrogen and oxygen atoms in total. The summed E-state index contributed by atoms with van der Waals surface area (Å²) in [5.41, 5.74) is 5.73. The molecule has 0 bridgehead atoms. The summed E-state index contributed by atoms with van der Waals surface area (Å²) in [4.78, 5) is 15.1. The minimum Gasteiger partial charge on any atom is -0.324 e. The molecule has 0 radical (unpaired) electrons. The minimum absolute atomic E-state index is 0.0368. The first-order valence-electron chi connectivity index (χ1n) is 8.71. The smallest absolute Gasteiger partial charge is 0.241 e. The van der Waals surface area contributed by atoms with Gasteiger partial charge in [-0.2, -0.15) is 0 Å². The number of rotatable bonds is 4. The Morgan fingerprint density at radius 2 is 1.79 bits per heavy atom. The zero-order valence-electron chi connectivity index (χ0n) is 14.8. The fourth-order valence-corrected chi connectivity index (χ4v) is 3.71. The van der Waals surface area contributed by atoms with Crippen molar-refractivity contribution in [1.29, 1.82) is 0 Å². The standard InChI is InChI=1S/C21H26N2O/c1-15-12-16(2)20(17(3)13-15)22-21(24)19-10-7-11-23(19)14-18-8-5-4-6-9-18/h4-6,8-9,12-13,19H,7,10-11,14H2,1-3H3,(H,22,24)/t19-/m0/s1. The van der Waals surface area contributed by atoms with E-state index in [9.17, 15) is 4.79 Å². The molecule has 0 aromatic heterocycles. The summed E-state index contributed by atoms with van der Waals surface area (Å²) in [6.07, 6.45) is 2.01. The van der Waals surface area contributed by atoms with Gasteiger partial charge in [0.25, 0.3) is 0 Å². The highest BCUT2D eigenvalue weighted by Crippen LogP contribution is 2.25. The molecule has 1 amide bonds. The number of hydrogen-bond donors (Lipinski definition) is 1. The molecule has 24 heavy (non-hydrogen) atoms. The minimum atomic E-state index is -0.0368. The molecular formula is C21H26N2O. The maximum Gasteiger partial charge on any atom is 0.241 e. The average Bonchev–Trinajstić information content (AvgIpc) is 3.00. The van der Waals surface area contributed by atoms with Gasteiger partial charge in [0, 0.05) is 12.2 Å². The van der Waals surface area contributed by atoms with E-state index in [1.807, 2.05) is 6.07 Å². The first kappa shape index (κ1) is 16.7. The number of benzene rings is 2. The van der Waals surface area contributed by atoms with Crippen molar-refractivity contribution in [3.8, 4) is 0 Å². The van der Waals surface area contributed by atoms with Crippen molar-refractivity contribution in [3.05, 3.63) is 64.7 Å². The number of carbonyl (C=O) groups is 1. The molecule has 0 spiro atoms. The molecule has 1 aliphatic rings. The molecule has 3 rings (SSSR count). The third kappa shape index (κ3) is 3.68. The van der Waals surface area contributed by atoms with Gasteiger partial charge in [0.15, 0.2) is 0 Å². The van der Waals surface area contributed by atoms with Crippen molar-refractivity contribution >= 4 is 11.6 Å². The second-order valence-electron chi connectivity index (χ2n) is 6.88. The molecule has 1 heterocycles. The van der Waals surface area contributed by atoms with Gasteiger partial charge in [-0.3, -0.25) is 9.69 Å². The number of carbonyl (C=O) groups excluding carboxylic acids is 1. The van der Waals surface area contributed by atoms with Crippen LogP contribution in [0.4, 0.5) is 5.69 Å². The van der Waals surface area contributed by atoms with Gasteiger partial charge >= 0.3 is 0 Å². The average molecular weight is 322 g/mol. The zero-order valence-corrected chi connectivity index (χ0v) is 14.8. The van der Waals surface area contributed by atoms with Gasteiger partial charge in [-0.05, 0) is 56.8 Å². The lowest BCUT2D eigenvalue weighted by atomic mass is 10.0. The van der Waals surface area contributed by atoms with Gasteiger partial charge in [0.2, 0.25) is 5.91 Å². The van der Waals surface area contributed by atoms with E-state index in [-0.39, 0.29) is 11.9 Å². The zero-order chi connectivity index (χ0) is 17.1. The Morgan fingerprint density at radius 1 is 1.12 bits per heavy atom. The van der Waals surface area contributed by atoms with Crippen LogP contribution in [0.2, 0.25) is 0 Å². The lowest BCUT2D eigenvalue weighted by Crippen LogP contribution is -2.39. The maximum absolute atomic E-state index is 12.9. The van der Waals surface area contributed by atoms with Gasteiger partial charge in [-0.25, -0.2) is 0 Å². The summed E-state index contributed by atoms with van der Waals surface area (Å²) in [5.74, 6) is 0.124. The highest BCUT2D eigenvalue weighted by Gasteiger charge is 2.31. The SMILES string of the molecule is Cc1cc(C)c(NC(=O)[C@@H]2CCCN2Cc2ccccc2)c(C)c1. The predicted octanol–water partition coefficient (Wildman–Crippen LogP) is 4.21. The molecule has 2 aromatic rings. The Hall–Kier alpha value is -2.13. The maximum atomic E-state index is 12.9. The number of amides is 1. The lowest BCUT2D eigenvalue weighted by molar-refractivity contribution is -0.120. The van der Waals surface area contributed by atoms with E-state index >= 15 is 0 Å². The lowest BCUT2D eigenvalue weighted by Gasteiger charge is -2.24. The molecule has 0 aliphatic carbocycles. The second-order valence-corrected chi connectivity index (χ2v) is 6.88. The van der Waals surface area contributed by atoms with Crippen molar-refractivity contribution in [1.82, 2.24) is 4.90 Å². The molecule has 1 atom stereocenters. The Morgan fingerprint density at radius 3 is 2.46 bits per heavy atom. The van der Waals surface area contributed by atoms with Crippen LogP contribution in [0.3, 0.4) is 0 Å². The quantitative estimate of drug-likeness (QED) is 0.914. The van der Waals surface area contributed by atoms with E-state index in [4.69, 9.17) is 0 Å². The summed E-state index contributed by atoms with van der Waals surface area (Å²) in [6.45, 7) is 8.03. The van der Waals surface area contributed by atoms with Crippen LogP contribution in [0.1, 0.15) is 35.1 Å². The van der Waals surface area contributed by atoms with Gasteiger partial charge in [0.05, 0.1) is 6.04 Å². The molecule has 126 valence electrons. The fraction of sp³-hybridized carbons (Fsp3) is 0.381. The number of aryl methyl sites for hydroxylation is 3. The van der Waals surface area contributed by atoms with Crippen LogP contribution in [0.5, 0.6) is 0 Å². The number of nitrogens with one attached hydrogen (secondary N) is 1. The first-order chi connectivity index (χ1) is 11.5. The number of anilines is 1. The van der Waals surface area contributed by atoms with Crippen molar-refractivity contribution in [2.24, 2.45) is 0 Å². The molecule has 1 saturated heterocycles. The Bertz CT molecular complexity index is 701. The van der Waals surface area contributed by atoms with Crippen LogP contribution in [0.15, 0.2) is 42.5 Å². The van der Waals surface area contributed by atoms with Gasteiger partial charge in [-0.1, -0.05) is 48.0 Å². The van der Waals surface area contributed by atoms with Crippen LogP contribution >= 0.6 is 0 Å². The monoisotopic (exact) mass is 322 g/mol. The molecule has 1 N–H and O–H groups in total. The molecule has 1 fully saturated rings. The molecular weight excluding hydrogens is 296 g/mol. The molecule has 2 aromatic carbocycles. The fourth-order valence-electron chi connectivity index (χ4n) is 3.71. The molecule has 0 saturated carbocycles. The van der Waals surface area contributed by atoms with E-state index in [1.165, 1.54) is 11.1 Å². The van der Waals surface area contributed by atoms with E-state index in [0.717, 1.165) is 42.7 Å². The normalized spacial score (nSPS) is 17.9. The number of likely N-dealkylation sites (tertiary alicyclic amines) is 1. The Labute approximate surface area is 144 Å². The van der Waals surface area contributed by atoms with Crippen molar-refractivity contribution < 1.29 is 4.79 Å². The van der Waals surface area contributed by atoms with Crippen molar-refractivity contribution in [3.63, 3.8) is 0 Å². The highest BCUT2D eigenvalue weighted by molar-refractivity contribution is 5.96. The largest absolute Gasteiger partial charge is 0.324 e. The van der Waals surface area contributed by atoms with Crippen molar-refractivity contribution in [2.45, 2.75) is 46.2 Å². The Balaban J connectivity index is 1.72. The van der Waals surface area contributed by atoms with Crippen molar-refractivity contribution in [2.75, 3.05) is 11.9 Å². The van der Waals surface area contributed by atoms with Crippen LogP contribution in [0, 0.1) is 20.8 Å². The van der Waals surface area contributed by atoms with E-state index in [2.05, 4.69) is 67.4 Å². The summed E-state index contributed by atoms with van der Waals surface area (Å²) < 4.78 is 0. The van der Waals surface area contributed by atoms with Gasteiger partial charge in [-0.15, -0.1) is 0 Å². The third-order valence-electron chi connectivity index (χ3n) is 4.82. The second kappa shape index (κ2) is 7.18. The summed E-state index contributed by atoms with van der Waals surface area (Å²) >= 11 is 0. The molecule has 3 heteroatoms. The van der Waals surface area contributed by atoms with Crippen LogP contribution in [0.25, 0.3) is 0 Å². The Kier molecular flexibility index (Phi) is 5.00. The summed E-state index contributed by atoms with van der Waals surface area (Å²) in [5, 5.41) is 3.18. The molecule has 1 aliphatic heterocycles. The number of hydrogen-bond acceptors (Lipinski definition) is 2. The van der Waals surface area contributed by atoms with E-state index < -0.39 is 0 Å². The summed E-state index contributed by atoms with van der Waals surface area (Å²) in [7, 11) is 0. The van der Waals surface area contributed by atoms with Crippen LogP contribution < -0.4 is 5.32 Å². The van der Waals surface area contributed by atoms with Gasteiger partial charge in [0.1, 0.15) is 0 Å². The van der Waals surface area contributed by atoms with Crippen LogP contribution in [-0.2, 0) is 11.3 Å². The number of nitrogens with zero attached hydrogens (tertiary/aromatic N) is 1. The van der Waals surface area contributed by atoms with Gasteiger partial charge < -0.3 is 5.32 Å². The predicted molar refractivity (Wildman–Crippen MR) is 99.2 cm³/mol.